The highest BCUT2D eigenvalue weighted by molar-refractivity contribution is 5.96. The number of nitrogens with zero attached hydrogens (tertiary/aromatic N) is 3. The number of carbonyl (C=O) groups excluding carboxylic acids is 1. The number of carbonyl (C=O) groups is 1. The fourth-order valence-electron chi connectivity index (χ4n) is 2.61. The van der Waals surface area contributed by atoms with Crippen LogP contribution < -0.4 is 0 Å². The Morgan fingerprint density at radius 1 is 1.12 bits per heavy atom. The molecule has 26 heavy (non-hydrogen) atoms. The average molecular weight is 359 g/mol. The monoisotopic (exact) mass is 359 g/mol. The van der Waals surface area contributed by atoms with Crippen molar-refractivity contribution in [3.8, 4) is 0 Å². The minimum atomic E-state index is -0.490. The molecule has 2 aromatic rings. The number of amides is 1. The molecule has 0 aliphatic carbocycles. The Kier molecular flexibility index (Phi) is 6.41. The summed E-state index contributed by atoms with van der Waals surface area (Å²) in [5, 5.41) is 11.1. The lowest BCUT2D eigenvalue weighted by Gasteiger charge is -2.25. The van der Waals surface area contributed by atoms with Crippen molar-refractivity contribution in [1.82, 2.24) is 9.80 Å². The number of nitro benzene ring substituents is 1. The van der Waals surface area contributed by atoms with Crippen molar-refractivity contribution < 1.29 is 14.1 Å². The van der Waals surface area contributed by atoms with Gasteiger partial charge in [-0.3, -0.25) is 14.9 Å². The van der Waals surface area contributed by atoms with Crippen LogP contribution in [-0.4, -0.2) is 47.8 Å². The van der Waals surface area contributed by atoms with E-state index in [0.717, 1.165) is 5.56 Å². The molecule has 0 saturated carbocycles. The molecule has 0 saturated heterocycles. The molecule has 0 heterocycles. The van der Waals surface area contributed by atoms with Gasteiger partial charge < -0.3 is 9.80 Å². The first-order valence-electron chi connectivity index (χ1n) is 8.22. The number of halogens is 1. The van der Waals surface area contributed by atoms with Crippen molar-refractivity contribution in [2.24, 2.45) is 0 Å². The summed E-state index contributed by atoms with van der Waals surface area (Å²) in [6.45, 7) is 2.97. The van der Waals surface area contributed by atoms with Crippen LogP contribution in [0.2, 0.25) is 0 Å². The molecule has 0 atom stereocenters. The second-order valence-corrected chi connectivity index (χ2v) is 6.36. The van der Waals surface area contributed by atoms with Gasteiger partial charge in [-0.05, 0) is 44.8 Å². The van der Waals surface area contributed by atoms with Crippen molar-refractivity contribution in [3.63, 3.8) is 0 Å². The SMILES string of the molecule is Cc1c(C(=O)N(CCN(C)C)Cc2ccc(F)cc2)cccc1[N+](=O)[O-]. The molecule has 0 radical (unpaired) electrons. The molecule has 0 aliphatic heterocycles. The second kappa shape index (κ2) is 8.53. The number of hydrogen-bond donors (Lipinski definition) is 0. The van der Waals surface area contributed by atoms with Crippen LogP contribution in [0, 0.1) is 22.9 Å². The Morgan fingerprint density at radius 3 is 2.35 bits per heavy atom. The van der Waals surface area contributed by atoms with Gasteiger partial charge in [0.15, 0.2) is 0 Å². The maximum absolute atomic E-state index is 13.1. The number of likely N-dealkylation sites (N-methyl/N-ethyl adjacent to an activating group) is 1. The van der Waals surface area contributed by atoms with Gasteiger partial charge in [-0.25, -0.2) is 4.39 Å². The van der Waals surface area contributed by atoms with Gasteiger partial charge in [0.25, 0.3) is 11.6 Å². The van der Waals surface area contributed by atoms with E-state index < -0.39 is 4.92 Å². The largest absolute Gasteiger partial charge is 0.333 e. The van der Waals surface area contributed by atoms with E-state index in [1.807, 2.05) is 19.0 Å². The third-order valence-electron chi connectivity index (χ3n) is 4.12. The third-order valence-corrected chi connectivity index (χ3v) is 4.12. The quantitative estimate of drug-likeness (QED) is 0.562. The Hall–Kier alpha value is -2.80. The molecule has 2 rings (SSSR count). The van der Waals surface area contributed by atoms with Crippen molar-refractivity contribution in [3.05, 3.63) is 75.1 Å². The highest BCUT2D eigenvalue weighted by Gasteiger charge is 2.22. The van der Waals surface area contributed by atoms with Crippen LogP contribution in [0.5, 0.6) is 0 Å². The van der Waals surface area contributed by atoms with Crippen molar-refractivity contribution >= 4 is 11.6 Å². The van der Waals surface area contributed by atoms with E-state index in [2.05, 4.69) is 0 Å². The van der Waals surface area contributed by atoms with Crippen molar-refractivity contribution in [2.75, 3.05) is 27.2 Å². The first-order valence-corrected chi connectivity index (χ1v) is 8.22. The van der Waals surface area contributed by atoms with Gasteiger partial charge in [-0.1, -0.05) is 18.2 Å². The van der Waals surface area contributed by atoms with E-state index in [1.54, 1.807) is 30.0 Å². The lowest BCUT2D eigenvalue weighted by Crippen LogP contribution is -2.36. The highest BCUT2D eigenvalue weighted by atomic mass is 19.1. The van der Waals surface area contributed by atoms with E-state index in [4.69, 9.17) is 0 Å². The highest BCUT2D eigenvalue weighted by Crippen LogP contribution is 2.23. The topological polar surface area (TPSA) is 66.7 Å². The predicted octanol–water partition coefficient (Wildman–Crippen LogP) is 3.25. The van der Waals surface area contributed by atoms with Gasteiger partial charge in [0.1, 0.15) is 5.82 Å². The summed E-state index contributed by atoms with van der Waals surface area (Å²) in [6.07, 6.45) is 0. The standard InChI is InChI=1S/C19H22FN3O3/c1-14-17(5-4-6-18(14)23(25)26)19(24)22(12-11-21(2)3)13-15-7-9-16(20)10-8-15/h4-10H,11-13H2,1-3H3. The smallest absolute Gasteiger partial charge is 0.273 e. The number of benzene rings is 2. The summed E-state index contributed by atoms with van der Waals surface area (Å²) >= 11 is 0. The van der Waals surface area contributed by atoms with Crippen LogP contribution in [-0.2, 0) is 6.54 Å². The van der Waals surface area contributed by atoms with Gasteiger partial charge in [0.2, 0.25) is 0 Å². The van der Waals surface area contributed by atoms with Crippen LogP contribution in [0.15, 0.2) is 42.5 Å². The van der Waals surface area contributed by atoms with Crippen molar-refractivity contribution in [1.29, 1.82) is 0 Å². The zero-order valence-electron chi connectivity index (χ0n) is 15.1. The number of rotatable bonds is 7. The van der Waals surface area contributed by atoms with E-state index in [1.165, 1.54) is 24.3 Å². The van der Waals surface area contributed by atoms with E-state index in [0.29, 0.717) is 30.8 Å². The molecule has 2 aromatic carbocycles. The Balaban J connectivity index is 2.32. The molecule has 6 nitrogen and oxygen atoms in total. The van der Waals surface area contributed by atoms with Gasteiger partial charge in [-0.15, -0.1) is 0 Å². The van der Waals surface area contributed by atoms with Crippen LogP contribution in [0.3, 0.4) is 0 Å². The number of nitro groups is 1. The summed E-state index contributed by atoms with van der Waals surface area (Å²) in [5.41, 5.74) is 1.36. The molecule has 0 aliphatic rings. The second-order valence-electron chi connectivity index (χ2n) is 6.36. The third kappa shape index (κ3) is 4.86. The summed E-state index contributed by atoms with van der Waals surface area (Å²) in [7, 11) is 3.80. The van der Waals surface area contributed by atoms with Crippen molar-refractivity contribution in [2.45, 2.75) is 13.5 Å². The van der Waals surface area contributed by atoms with E-state index in [-0.39, 0.29) is 17.4 Å². The molecule has 0 bridgehead atoms. The molecule has 0 spiro atoms. The average Bonchev–Trinajstić information content (AvgIpc) is 2.59. The Labute approximate surface area is 152 Å². The molecular weight excluding hydrogens is 337 g/mol. The lowest BCUT2D eigenvalue weighted by molar-refractivity contribution is -0.385. The minimum Gasteiger partial charge on any atom is -0.333 e. The van der Waals surface area contributed by atoms with Crippen LogP contribution in [0.25, 0.3) is 0 Å². The summed E-state index contributed by atoms with van der Waals surface area (Å²) in [5.74, 6) is -0.619. The maximum atomic E-state index is 13.1. The molecule has 138 valence electrons. The number of hydrogen-bond acceptors (Lipinski definition) is 4. The van der Waals surface area contributed by atoms with Gasteiger partial charge in [0, 0.05) is 36.8 Å². The predicted molar refractivity (Wildman–Crippen MR) is 97.5 cm³/mol. The minimum absolute atomic E-state index is 0.0785. The van der Waals surface area contributed by atoms with Gasteiger partial charge >= 0.3 is 0 Å². The summed E-state index contributed by atoms with van der Waals surface area (Å²) in [4.78, 5) is 27.3. The van der Waals surface area contributed by atoms with Crippen LogP contribution >= 0.6 is 0 Å². The fraction of sp³-hybridized carbons (Fsp3) is 0.316. The lowest BCUT2D eigenvalue weighted by atomic mass is 10.0. The molecule has 7 heteroatoms. The molecular formula is C19H22FN3O3. The van der Waals surface area contributed by atoms with E-state index >= 15 is 0 Å². The fourth-order valence-corrected chi connectivity index (χ4v) is 2.61. The maximum Gasteiger partial charge on any atom is 0.273 e. The van der Waals surface area contributed by atoms with Gasteiger partial charge in [-0.2, -0.15) is 0 Å². The molecule has 0 unspecified atom stereocenters. The Bertz CT molecular complexity index is 791. The first kappa shape index (κ1) is 19.5. The zero-order valence-corrected chi connectivity index (χ0v) is 15.1. The molecule has 0 fully saturated rings. The van der Waals surface area contributed by atoms with Gasteiger partial charge in [0.05, 0.1) is 4.92 Å². The van der Waals surface area contributed by atoms with Crippen LogP contribution in [0.4, 0.5) is 10.1 Å². The molecule has 0 N–H and O–H groups in total. The molecule has 1 amide bonds. The van der Waals surface area contributed by atoms with E-state index in [9.17, 15) is 19.3 Å². The molecule has 0 aromatic heterocycles. The Morgan fingerprint density at radius 2 is 1.77 bits per heavy atom. The zero-order chi connectivity index (χ0) is 19.3. The first-order chi connectivity index (χ1) is 12.3. The normalized spacial score (nSPS) is 10.8. The summed E-state index contributed by atoms with van der Waals surface area (Å²) in [6, 6.07) is 10.5. The summed E-state index contributed by atoms with van der Waals surface area (Å²) < 4.78 is 13.1. The van der Waals surface area contributed by atoms with Crippen LogP contribution in [0.1, 0.15) is 21.5 Å².